The number of aliphatic hydroxyl groups excluding tert-OH is 1. The average Bonchev–Trinajstić information content (AvgIpc) is 3.30. The SMILES string of the molecule is CCC[C@@H](O)c1cc(C)c(-c2cc3cnc(NC(=O)[C@H]4C[C@H]4F)cc3n3ncnc23)cn1. The molecule has 2 N–H and O–H groups in total. The summed E-state index contributed by atoms with van der Waals surface area (Å²) in [7, 11) is 0. The second kappa shape index (κ2) is 7.90. The zero-order chi connectivity index (χ0) is 22.4. The first kappa shape index (κ1) is 20.4. The number of fused-ring (bicyclic) bond motifs is 3. The van der Waals surface area contributed by atoms with Gasteiger partial charge in [-0.3, -0.25) is 9.78 Å². The molecule has 3 atom stereocenters. The van der Waals surface area contributed by atoms with Crippen molar-refractivity contribution in [1.29, 1.82) is 0 Å². The molecule has 9 heteroatoms. The summed E-state index contributed by atoms with van der Waals surface area (Å²) in [4.78, 5) is 25.3. The molecule has 1 amide bonds. The lowest BCUT2D eigenvalue weighted by molar-refractivity contribution is -0.117. The van der Waals surface area contributed by atoms with E-state index in [4.69, 9.17) is 0 Å². The lowest BCUT2D eigenvalue weighted by Crippen LogP contribution is -2.16. The number of pyridine rings is 3. The summed E-state index contributed by atoms with van der Waals surface area (Å²) in [6, 6.07) is 5.58. The molecule has 4 aromatic heterocycles. The monoisotopic (exact) mass is 434 g/mol. The van der Waals surface area contributed by atoms with Crippen molar-refractivity contribution >= 4 is 28.3 Å². The standard InChI is InChI=1S/C23H23FN6O2/c1-3-4-20(31)18-5-12(2)16(10-25-18)14-6-13-9-26-21(29-23(32)15-7-17(15)24)8-19(13)30-22(14)27-11-28-30/h5-6,8-11,15,17,20,31H,3-4,7H2,1-2H3,(H,26,29,32)/t15-,17+,20+/m0/s1. The van der Waals surface area contributed by atoms with Crippen molar-refractivity contribution in [2.24, 2.45) is 5.92 Å². The van der Waals surface area contributed by atoms with Gasteiger partial charge in [0.15, 0.2) is 5.65 Å². The van der Waals surface area contributed by atoms with Crippen molar-refractivity contribution in [2.45, 2.75) is 45.4 Å². The van der Waals surface area contributed by atoms with Gasteiger partial charge in [0.25, 0.3) is 0 Å². The number of anilines is 1. The van der Waals surface area contributed by atoms with Crippen LogP contribution in [0.1, 0.15) is 43.5 Å². The molecule has 0 unspecified atom stereocenters. The van der Waals surface area contributed by atoms with E-state index in [2.05, 4.69) is 25.4 Å². The van der Waals surface area contributed by atoms with Gasteiger partial charge in [-0.15, -0.1) is 0 Å². The fourth-order valence-electron chi connectivity index (χ4n) is 3.96. The molecule has 4 heterocycles. The second-order valence-electron chi connectivity index (χ2n) is 8.26. The Bertz CT molecular complexity index is 1340. The van der Waals surface area contributed by atoms with Gasteiger partial charge in [0.1, 0.15) is 18.3 Å². The molecule has 0 saturated heterocycles. The van der Waals surface area contributed by atoms with Crippen LogP contribution in [0, 0.1) is 12.8 Å². The number of carbonyl (C=O) groups excluding carboxylic acids is 1. The summed E-state index contributed by atoms with van der Waals surface area (Å²) in [5.74, 6) is -0.600. The first-order chi connectivity index (χ1) is 15.5. The molecule has 1 aliphatic carbocycles. The second-order valence-corrected chi connectivity index (χ2v) is 8.26. The number of aryl methyl sites for hydroxylation is 1. The molecule has 1 fully saturated rings. The van der Waals surface area contributed by atoms with Gasteiger partial charge in [-0.25, -0.2) is 18.9 Å². The molecule has 4 aromatic rings. The fourth-order valence-corrected chi connectivity index (χ4v) is 3.96. The van der Waals surface area contributed by atoms with E-state index in [1.165, 1.54) is 6.33 Å². The summed E-state index contributed by atoms with van der Waals surface area (Å²) in [6.45, 7) is 4.00. The van der Waals surface area contributed by atoms with E-state index in [0.717, 1.165) is 34.0 Å². The average molecular weight is 434 g/mol. The number of hydrogen-bond acceptors (Lipinski definition) is 6. The molecular weight excluding hydrogens is 411 g/mol. The molecule has 8 nitrogen and oxygen atoms in total. The van der Waals surface area contributed by atoms with Gasteiger partial charge in [0, 0.05) is 35.0 Å². The smallest absolute Gasteiger partial charge is 0.231 e. The van der Waals surface area contributed by atoms with Crippen LogP contribution in [0.5, 0.6) is 0 Å². The number of aliphatic hydroxyl groups is 1. The first-order valence-corrected chi connectivity index (χ1v) is 10.7. The number of amides is 1. The number of nitrogens with zero attached hydrogens (tertiary/aromatic N) is 5. The summed E-state index contributed by atoms with van der Waals surface area (Å²) in [6.07, 6.45) is 5.02. The van der Waals surface area contributed by atoms with Gasteiger partial charge in [-0.1, -0.05) is 13.3 Å². The molecular formula is C23H23FN6O2. The van der Waals surface area contributed by atoms with Gasteiger partial charge in [0.2, 0.25) is 5.91 Å². The molecule has 5 rings (SSSR count). The van der Waals surface area contributed by atoms with E-state index < -0.39 is 18.2 Å². The maximum absolute atomic E-state index is 13.2. The zero-order valence-electron chi connectivity index (χ0n) is 17.8. The number of nitrogens with one attached hydrogen (secondary N) is 1. The van der Waals surface area contributed by atoms with E-state index in [1.807, 2.05) is 26.0 Å². The van der Waals surface area contributed by atoms with Crippen LogP contribution in [0.15, 0.2) is 36.9 Å². The molecule has 0 aliphatic heterocycles. The summed E-state index contributed by atoms with van der Waals surface area (Å²) in [5, 5.41) is 18.1. The number of hydrogen-bond donors (Lipinski definition) is 2. The third kappa shape index (κ3) is 3.58. The van der Waals surface area contributed by atoms with Gasteiger partial charge in [-0.05, 0) is 37.5 Å². The lowest BCUT2D eigenvalue weighted by atomic mass is 10.00. The number of rotatable bonds is 6. The highest BCUT2D eigenvalue weighted by atomic mass is 19.1. The van der Waals surface area contributed by atoms with Crippen LogP contribution >= 0.6 is 0 Å². The minimum absolute atomic E-state index is 0.262. The number of carbonyl (C=O) groups is 1. The van der Waals surface area contributed by atoms with E-state index in [9.17, 15) is 14.3 Å². The molecule has 164 valence electrons. The lowest BCUT2D eigenvalue weighted by Gasteiger charge is -2.14. The Morgan fingerprint density at radius 2 is 2.06 bits per heavy atom. The van der Waals surface area contributed by atoms with Crippen LogP contribution in [-0.4, -0.2) is 41.8 Å². The largest absolute Gasteiger partial charge is 0.387 e. The van der Waals surface area contributed by atoms with Crippen molar-refractivity contribution < 1.29 is 14.3 Å². The number of aromatic nitrogens is 5. The van der Waals surface area contributed by atoms with E-state index in [1.54, 1.807) is 23.0 Å². The van der Waals surface area contributed by atoms with Crippen LogP contribution in [-0.2, 0) is 4.79 Å². The Balaban J connectivity index is 1.55. The Hall–Kier alpha value is -3.46. The van der Waals surface area contributed by atoms with Crippen molar-refractivity contribution in [3.05, 3.63) is 48.2 Å². The number of alkyl halides is 1. The van der Waals surface area contributed by atoms with Gasteiger partial charge in [0.05, 0.1) is 23.2 Å². The van der Waals surface area contributed by atoms with Crippen molar-refractivity contribution in [2.75, 3.05) is 5.32 Å². The van der Waals surface area contributed by atoms with E-state index >= 15 is 0 Å². The van der Waals surface area contributed by atoms with Crippen LogP contribution in [0.25, 0.3) is 27.7 Å². The maximum atomic E-state index is 13.2. The Morgan fingerprint density at radius 3 is 2.78 bits per heavy atom. The van der Waals surface area contributed by atoms with Gasteiger partial charge in [-0.2, -0.15) is 5.10 Å². The molecule has 32 heavy (non-hydrogen) atoms. The third-order valence-electron chi connectivity index (χ3n) is 5.85. The molecule has 0 bridgehead atoms. The predicted molar refractivity (Wildman–Crippen MR) is 118 cm³/mol. The molecule has 0 aromatic carbocycles. The van der Waals surface area contributed by atoms with Crippen LogP contribution in [0.2, 0.25) is 0 Å². The summed E-state index contributed by atoms with van der Waals surface area (Å²) >= 11 is 0. The predicted octanol–water partition coefficient (Wildman–Crippen LogP) is 3.78. The quantitative estimate of drug-likeness (QED) is 0.479. The third-order valence-corrected chi connectivity index (χ3v) is 5.85. The van der Waals surface area contributed by atoms with Gasteiger partial charge >= 0.3 is 0 Å². The zero-order valence-corrected chi connectivity index (χ0v) is 17.8. The Labute approximate surface area is 183 Å². The molecule has 0 spiro atoms. The molecule has 0 radical (unpaired) electrons. The highest BCUT2D eigenvalue weighted by molar-refractivity contribution is 5.97. The van der Waals surface area contributed by atoms with E-state index in [0.29, 0.717) is 23.6 Å². The highest BCUT2D eigenvalue weighted by Crippen LogP contribution is 2.35. The summed E-state index contributed by atoms with van der Waals surface area (Å²) in [5.41, 5.74) is 4.71. The van der Waals surface area contributed by atoms with Gasteiger partial charge < -0.3 is 10.4 Å². The number of halogens is 1. The fraction of sp³-hybridized carbons (Fsp3) is 0.348. The topological polar surface area (TPSA) is 105 Å². The normalized spacial score (nSPS) is 18.8. The Kier molecular flexibility index (Phi) is 5.05. The van der Waals surface area contributed by atoms with Crippen molar-refractivity contribution in [1.82, 2.24) is 24.6 Å². The highest BCUT2D eigenvalue weighted by Gasteiger charge is 2.43. The molecule has 1 aliphatic rings. The maximum Gasteiger partial charge on any atom is 0.231 e. The van der Waals surface area contributed by atoms with Crippen LogP contribution in [0.4, 0.5) is 10.2 Å². The van der Waals surface area contributed by atoms with E-state index in [-0.39, 0.29) is 12.3 Å². The van der Waals surface area contributed by atoms with Crippen molar-refractivity contribution in [3.63, 3.8) is 0 Å². The first-order valence-electron chi connectivity index (χ1n) is 10.7. The molecule has 1 saturated carbocycles. The van der Waals surface area contributed by atoms with Crippen LogP contribution in [0.3, 0.4) is 0 Å². The minimum Gasteiger partial charge on any atom is -0.387 e. The van der Waals surface area contributed by atoms with Crippen molar-refractivity contribution in [3.8, 4) is 11.1 Å². The van der Waals surface area contributed by atoms with Crippen LogP contribution < -0.4 is 5.32 Å². The minimum atomic E-state index is -1.06. The Morgan fingerprint density at radius 1 is 1.25 bits per heavy atom. The summed E-state index contributed by atoms with van der Waals surface area (Å²) < 4.78 is 14.9.